The Hall–Kier alpha value is -1.75. The van der Waals surface area contributed by atoms with E-state index >= 15 is 0 Å². The lowest BCUT2D eigenvalue weighted by Gasteiger charge is -2.22. The van der Waals surface area contributed by atoms with E-state index in [0.29, 0.717) is 0 Å². The molecule has 0 aliphatic rings. The van der Waals surface area contributed by atoms with Crippen LogP contribution in [0.3, 0.4) is 0 Å². The maximum absolute atomic E-state index is 8.95. The smallest absolute Gasteiger partial charge is 0.135 e. The molecule has 1 atom stereocenters. The maximum Gasteiger partial charge on any atom is 0.135 e. The largest absolute Gasteiger partial charge is 0.356 e. The van der Waals surface area contributed by atoms with Crippen LogP contribution in [0.5, 0.6) is 0 Å². The highest BCUT2D eigenvalue weighted by Gasteiger charge is 2.09. The van der Waals surface area contributed by atoms with Crippen LogP contribution >= 0.6 is 0 Å². The van der Waals surface area contributed by atoms with Crippen LogP contribution in [0.25, 0.3) is 0 Å². The zero-order chi connectivity index (χ0) is 10.4. The fraction of sp³-hybridized carbons (Fsp3) is 0.250. The van der Waals surface area contributed by atoms with Gasteiger partial charge in [0.1, 0.15) is 6.04 Å². The Morgan fingerprint density at radius 3 is 2.50 bits per heavy atom. The lowest BCUT2D eigenvalue weighted by atomic mass is 10.2. The summed E-state index contributed by atoms with van der Waals surface area (Å²) in [6.07, 6.45) is 3.78. The molecule has 0 heterocycles. The van der Waals surface area contributed by atoms with Crippen molar-refractivity contribution in [3.05, 3.63) is 42.5 Å². The van der Waals surface area contributed by atoms with Gasteiger partial charge in [-0.25, -0.2) is 0 Å². The van der Waals surface area contributed by atoms with Gasteiger partial charge in [-0.1, -0.05) is 30.4 Å². The number of nitriles is 1. The first-order chi connectivity index (χ1) is 6.79. The minimum atomic E-state index is -0.192. The number of rotatable bonds is 3. The zero-order valence-electron chi connectivity index (χ0n) is 8.51. The number of likely N-dealkylation sites (N-methyl/N-ethyl adjacent to an activating group) is 1. The summed E-state index contributed by atoms with van der Waals surface area (Å²) < 4.78 is 0. The predicted octanol–water partition coefficient (Wildman–Crippen LogP) is 2.59. The number of allylic oxidation sites excluding steroid dienone is 1. The van der Waals surface area contributed by atoms with Gasteiger partial charge < -0.3 is 4.90 Å². The molecule has 0 fully saturated rings. The predicted molar refractivity (Wildman–Crippen MR) is 59.1 cm³/mol. The topological polar surface area (TPSA) is 27.0 Å². The average Bonchev–Trinajstić information content (AvgIpc) is 2.26. The molecule has 1 rings (SSSR count). The number of benzene rings is 1. The Morgan fingerprint density at radius 2 is 2.00 bits per heavy atom. The molecule has 1 unspecified atom stereocenters. The Balaban J connectivity index is 2.84. The lowest BCUT2D eigenvalue weighted by Crippen LogP contribution is -2.28. The van der Waals surface area contributed by atoms with Crippen LogP contribution in [-0.4, -0.2) is 13.1 Å². The average molecular weight is 186 g/mol. The van der Waals surface area contributed by atoms with Crippen LogP contribution < -0.4 is 4.90 Å². The Morgan fingerprint density at radius 1 is 1.36 bits per heavy atom. The fourth-order valence-electron chi connectivity index (χ4n) is 1.26. The van der Waals surface area contributed by atoms with Crippen LogP contribution in [-0.2, 0) is 0 Å². The third kappa shape index (κ3) is 2.37. The van der Waals surface area contributed by atoms with Gasteiger partial charge in [0.2, 0.25) is 0 Å². The van der Waals surface area contributed by atoms with Crippen LogP contribution in [0.1, 0.15) is 6.92 Å². The van der Waals surface area contributed by atoms with Crippen molar-refractivity contribution in [2.75, 3.05) is 11.9 Å². The molecule has 2 heteroatoms. The molecule has 0 spiro atoms. The summed E-state index contributed by atoms with van der Waals surface area (Å²) in [4.78, 5) is 1.94. The molecule has 2 nitrogen and oxygen atoms in total. The summed E-state index contributed by atoms with van der Waals surface area (Å²) in [7, 11) is 1.92. The van der Waals surface area contributed by atoms with Crippen molar-refractivity contribution in [1.82, 2.24) is 0 Å². The van der Waals surface area contributed by atoms with Crippen molar-refractivity contribution >= 4 is 5.69 Å². The van der Waals surface area contributed by atoms with Gasteiger partial charge in [0.15, 0.2) is 0 Å². The SMILES string of the molecule is CC=CC(C#N)N(C)c1ccccc1. The summed E-state index contributed by atoms with van der Waals surface area (Å²) in [5, 5.41) is 8.95. The Bertz CT molecular complexity index is 335. The normalized spacial score (nSPS) is 12.4. The first-order valence-electron chi connectivity index (χ1n) is 4.60. The van der Waals surface area contributed by atoms with Crippen molar-refractivity contribution in [2.24, 2.45) is 0 Å². The molecule has 0 radical (unpaired) electrons. The van der Waals surface area contributed by atoms with Gasteiger partial charge in [0, 0.05) is 12.7 Å². The molecule has 0 bridgehead atoms. The Labute approximate surface area is 85.1 Å². The summed E-state index contributed by atoms with van der Waals surface area (Å²) in [6.45, 7) is 1.92. The summed E-state index contributed by atoms with van der Waals surface area (Å²) in [6, 6.07) is 11.9. The molecule has 1 aromatic carbocycles. The van der Waals surface area contributed by atoms with Crippen molar-refractivity contribution in [3.63, 3.8) is 0 Å². The van der Waals surface area contributed by atoms with Crippen LogP contribution in [0, 0.1) is 11.3 Å². The number of hydrogen-bond acceptors (Lipinski definition) is 2. The van der Waals surface area contributed by atoms with Crippen molar-refractivity contribution < 1.29 is 0 Å². The van der Waals surface area contributed by atoms with Crippen molar-refractivity contribution in [3.8, 4) is 6.07 Å². The number of anilines is 1. The molecular formula is C12H14N2. The minimum Gasteiger partial charge on any atom is -0.356 e. The van der Waals surface area contributed by atoms with Crippen LogP contribution in [0.2, 0.25) is 0 Å². The third-order valence-electron chi connectivity index (χ3n) is 2.09. The fourth-order valence-corrected chi connectivity index (χ4v) is 1.26. The summed E-state index contributed by atoms with van der Waals surface area (Å²) in [5.74, 6) is 0. The van der Waals surface area contributed by atoms with Crippen LogP contribution in [0.15, 0.2) is 42.5 Å². The van der Waals surface area contributed by atoms with E-state index in [9.17, 15) is 0 Å². The van der Waals surface area contributed by atoms with E-state index in [1.54, 1.807) is 0 Å². The van der Waals surface area contributed by atoms with E-state index in [1.165, 1.54) is 0 Å². The monoisotopic (exact) mass is 186 g/mol. The molecule has 0 aliphatic heterocycles. The van der Waals surface area contributed by atoms with E-state index in [-0.39, 0.29) is 6.04 Å². The number of hydrogen-bond donors (Lipinski definition) is 0. The van der Waals surface area contributed by atoms with E-state index in [1.807, 2.05) is 61.4 Å². The lowest BCUT2D eigenvalue weighted by molar-refractivity contribution is 0.903. The van der Waals surface area contributed by atoms with Gasteiger partial charge in [-0.3, -0.25) is 0 Å². The Kier molecular flexibility index (Phi) is 3.75. The van der Waals surface area contributed by atoms with E-state index in [4.69, 9.17) is 5.26 Å². The van der Waals surface area contributed by atoms with Gasteiger partial charge in [0.05, 0.1) is 6.07 Å². The van der Waals surface area contributed by atoms with Crippen LogP contribution in [0.4, 0.5) is 5.69 Å². The highest BCUT2D eigenvalue weighted by molar-refractivity contribution is 5.48. The highest BCUT2D eigenvalue weighted by atomic mass is 15.1. The van der Waals surface area contributed by atoms with E-state index in [2.05, 4.69) is 6.07 Å². The van der Waals surface area contributed by atoms with E-state index in [0.717, 1.165) is 5.69 Å². The first kappa shape index (κ1) is 10.3. The maximum atomic E-state index is 8.95. The third-order valence-corrected chi connectivity index (χ3v) is 2.09. The molecule has 0 aromatic heterocycles. The molecule has 72 valence electrons. The summed E-state index contributed by atoms with van der Waals surface area (Å²) in [5.41, 5.74) is 1.05. The van der Waals surface area contributed by atoms with Gasteiger partial charge in [-0.15, -0.1) is 0 Å². The molecule has 1 aromatic rings. The molecule has 0 aliphatic carbocycles. The van der Waals surface area contributed by atoms with Crippen molar-refractivity contribution in [2.45, 2.75) is 13.0 Å². The van der Waals surface area contributed by atoms with Gasteiger partial charge in [-0.2, -0.15) is 5.26 Å². The molecule has 0 amide bonds. The highest BCUT2D eigenvalue weighted by Crippen LogP contribution is 2.14. The number of nitrogens with zero attached hydrogens (tertiary/aromatic N) is 2. The summed E-state index contributed by atoms with van der Waals surface area (Å²) >= 11 is 0. The first-order valence-corrected chi connectivity index (χ1v) is 4.60. The van der Waals surface area contributed by atoms with Gasteiger partial charge >= 0.3 is 0 Å². The second-order valence-corrected chi connectivity index (χ2v) is 3.05. The van der Waals surface area contributed by atoms with E-state index < -0.39 is 0 Å². The van der Waals surface area contributed by atoms with Crippen molar-refractivity contribution in [1.29, 1.82) is 5.26 Å². The molecule has 0 N–H and O–H groups in total. The molecule has 0 saturated heterocycles. The second-order valence-electron chi connectivity index (χ2n) is 3.05. The molecule has 14 heavy (non-hydrogen) atoms. The molecule has 0 saturated carbocycles. The standard InChI is InChI=1S/C12H14N2/c1-3-7-12(10-13)14(2)11-8-5-4-6-9-11/h3-9,12H,1-2H3. The zero-order valence-corrected chi connectivity index (χ0v) is 8.51. The number of para-hydroxylation sites is 1. The second kappa shape index (κ2) is 5.08. The molecular weight excluding hydrogens is 172 g/mol. The quantitative estimate of drug-likeness (QED) is 0.678. The van der Waals surface area contributed by atoms with Gasteiger partial charge in [0.25, 0.3) is 0 Å². The van der Waals surface area contributed by atoms with Gasteiger partial charge in [-0.05, 0) is 19.1 Å². The minimum absolute atomic E-state index is 0.192.